The number of nitrogens with zero attached hydrogens (tertiary/aromatic N) is 3. The number of hydrazine groups is 1. The summed E-state index contributed by atoms with van der Waals surface area (Å²) in [4.78, 5) is 37.2. The van der Waals surface area contributed by atoms with Crippen molar-refractivity contribution in [2.75, 3.05) is 11.1 Å². The van der Waals surface area contributed by atoms with E-state index in [2.05, 4.69) is 26.3 Å². The van der Waals surface area contributed by atoms with Crippen molar-refractivity contribution in [1.82, 2.24) is 25.9 Å². The molecule has 0 unspecified atom stereocenters. The molecule has 1 saturated heterocycles. The van der Waals surface area contributed by atoms with Crippen molar-refractivity contribution in [2.45, 2.75) is 80.1 Å². The molecule has 3 N–H and O–H groups in total. The van der Waals surface area contributed by atoms with Crippen molar-refractivity contribution in [3.63, 3.8) is 0 Å². The molecule has 4 amide bonds. The average molecular weight is 439 g/mol. The van der Waals surface area contributed by atoms with E-state index in [4.69, 9.17) is 0 Å². The first-order valence-electron chi connectivity index (χ1n) is 10.2. The van der Waals surface area contributed by atoms with Crippen LogP contribution in [0, 0.1) is 0 Å². The second-order valence-corrected chi connectivity index (χ2v) is 10.1. The first kappa shape index (κ1) is 20.4. The lowest BCUT2D eigenvalue weighted by atomic mass is 9.82. The van der Waals surface area contributed by atoms with Gasteiger partial charge in [-0.1, -0.05) is 61.6 Å². The van der Waals surface area contributed by atoms with Gasteiger partial charge in [0, 0.05) is 6.04 Å². The molecule has 2 aliphatic carbocycles. The van der Waals surface area contributed by atoms with Gasteiger partial charge in [-0.2, -0.15) is 5.01 Å². The minimum atomic E-state index is -0.839. The van der Waals surface area contributed by atoms with Crippen LogP contribution in [0.4, 0.5) is 9.93 Å². The van der Waals surface area contributed by atoms with Gasteiger partial charge < -0.3 is 10.6 Å². The van der Waals surface area contributed by atoms with Gasteiger partial charge in [0.25, 0.3) is 5.91 Å². The zero-order valence-corrected chi connectivity index (χ0v) is 17.9. The highest BCUT2D eigenvalue weighted by molar-refractivity contribution is 8.01. The van der Waals surface area contributed by atoms with Gasteiger partial charge in [-0.3, -0.25) is 15.0 Å². The molecule has 11 heteroatoms. The van der Waals surface area contributed by atoms with Crippen molar-refractivity contribution >= 4 is 46.1 Å². The number of anilines is 1. The van der Waals surface area contributed by atoms with Crippen molar-refractivity contribution < 1.29 is 14.4 Å². The predicted molar refractivity (Wildman–Crippen MR) is 110 cm³/mol. The third-order valence-electron chi connectivity index (χ3n) is 5.77. The van der Waals surface area contributed by atoms with E-state index in [0.29, 0.717) is 23.2 Å². The lowest BCUT2D eigenvalue weighted by Crippen LogP contribution is -2.51. The fourth-order valence-corrected chi connectivity index (χ4v) is 5.87. The summed E-state index contributed by atoms with van der Waals surface area (Å²) in [5, 5.41) is 16.1. The summed E-state index contributed by atoms with van der Waals surface area (Å²) in [5.74, 6) is -0.707. The highest BCUT2D eigenvalue weighted by Crippen LogP contribution is 2.33. The maximum Gasteiger partial charge on any atom is 0.344 e. The molecule has 1 aromatic rings. The zero-order valence-electron chi connectivity index (χ0n) is 16.2. The van der Waals surface area contributed by atoms with E-state index < -0.39 is 17.5 Å². The normalized spacial score (nSPS) is 22.0. The summed E-state index contributed by atoms with van der Waals surface area (Å²) in [5.41, 5.74) is 1.61. The van der Waals surface area contributed by atoms with Crippen LogP contribution in [0.2, 0.25) is 0 Å². The Kier molecular flexibility index (Phi) is 6.23. The van der Waals surface area contributed by atoms with E-state index in [1.807, 2.05) is 0 Å². The Morgan fingerprint density at radius 3 is 2.62 bits per heavy atom. The first-order valence-corrected chi connectivity index (χ1v) is 12.0. The summed E-state index contributed by atoms with van der Waals surface area (Å²) in [6.45, 7) is 0. The molecule has 2 heterocycles. The number of aromatic nitrogens is 2. The van der Waals surface area contributed by atoms with Crippen LogP contribution in [0.25, 0.3) is 0 Å². The lowest BCUT2D eigenvalue weighted by molar-refractivity contribution is -0.139. The third-order valence-corrected chi connectivity index (χ3v) is 7.76. The van der Waals surface area contributed by atoms with E-state index in [0.717, 1.165) is 42.2 Å². The van der Waals surface area contributed by atoms with E-state index in [-0.39, 0.29) is 11.7 Å². The number of urea groups is 1. The molecule has 158 valence electrons. The summed E-state index contributed by atoms with van der Waals surface area (Å²) >= 11 is 2.67. The Bertz CT molecular complexity index is 773. The molecule has 29 heavy (non-hydrogen) atoms. The number of thioether (sulfide) groups is 1. The van der Waals surface area contributed by atoms with Gasteiger partial charge in [0.15, 0.2) is 4.34 Å². The Morgan fingerprint density at radius 2 is 1.86 bits per heavy atom. The number of carbonyl (C=O) groups is 3. The van der Waals surface area contributed by atoms with Gasteiger partial charge >= 0.3 is 6.03 Å². The van der Waals surface area contributed by atoms with Crippen LogP contribution in [0.15, 0.2) is 4.34 Å². The van der Waals surface area contributed by atoms with Gasteiger partial charge in [-0.05, 0) is 25.7 Å². The molecule has 0 atom stereocenters. The van der Waals surface area contributed by atoms with Crippen LogP contribution in [0.5, 0.6) is 0 Å². The van der Waals surface area contributed by atoms with Crippen LogP contribution >= 0.6 is 23.1 Å². The zero-order chi connectivity index (χ0) is 20.3. The molecule has 1 spiro atoms. The van der Waals surface area contributed by atoms with E-state index in [1.54, 1.807) is 0 Å². The quantitative estimate of drug-likeness (QED) is 0.462. The number of rotatable bonds is 6. The topological polar surface area (TPSA) is 116 Å². The second kappa shape index (κ2) is 8.86. The smallest absolute Gasteiger partial charge is 0.344 e. The maximum atomic E-state index is 12.7. The summed E-state index contributed by atoms with van der Waals surface area (Å²) in [6.07, 6.45) is 10.2. The molecule has 3 fully saturated rings. The predicted octanol–water partition coefficient (Wildman–Crippen LogP) is 2.66. The molecular weight excluding hydrogens is 412 g/mol. The molecule has 9 nitrogen and oxygen atoms in total. The minimum absolute atomic E-state index is 0.0577. The number of hydrogen-bond donors (Lipinski definition) is 3. The molecule has 2 saturated carbocycles. The Labute approximate surface area is 177 Å². The van der Waals surface area contributed by atoms with Crippen LogP contribution in [-0.2, 0) is 9.59 Å². The summed E-state index contributed by atoms with van der Waals surface area (Å²) < 4.78 is 0.680. The van der Waals surface area contributed by atoms with Crippen molar-refractivity contribution in [2.24, 2.45) is 0 Å². The van der Waals surface area contributed by atoms with Gasteiger partial charge in [0.1, 0.15) is 5.54 Å². The highest BCUT2D eigenvalue weighted by Gasteiger charge is 2.52. The monoisotopic (exact) mass is 438 g/mol. The van der Waals surface area contributed by atoms with Crippen molar-refractivity contribution in [3.05, 3.63) is 0 Å². The van der Waals surface area contributed by atoms with Gasteiger partial charge in [-0.15, -0.1) is 10.2 Å². The number of nitrogens with one attached hydrogen (secondary N) is 3. The highest BCUT2D eigenvalue weighted by atomic mass is 32.2. The average Bonchev–Trinajstić information content (AvgIpc) is 3.26. The largest absolute Gasteiger partial charge is 0.357 e. The summed E-state index contributed by atoms with van der Waals surface area (Å²) in [6, 6.07) is -0.102. The van der Waals surface area contributed by atoms with Crippen LogP contribution in [-0.4, -0.2) is 50.4 Å². The first-order chi connectivity index (χ1) is 14.1. The Morgan fingerprint density at radius 1 is 1.14 bits per heavy atom. The van der Waals surface area contributed by atoms with Gasteiger partial charge in [-0.25, -0.2) is 4.79 Å². The van der Waals surface area contributed by atoms with E-state index >= 15 is 0 Å². The van der Waals surface area contributed by atoms with E-state index in [1.165, 1.54) is 42.4 Å². The molecule has 0 bridgehead atoms. The van der Waals surface area contributed by atoms with Crippen LogP contribution in [0.1, 0.15) is 64.2 Å². The number of hydrogen-bond acceptors (Lipinski definition) is 8. The standard InChI is InChI=1S/C18H26N6O3S2/c25-13(23-24-14(26)18(20-16(24)27)9-5-2-6-10-18)11-28-17-22-21-15(29-17)19-12-7-3-1-4-8-12/h12H,1-11H2,(H,19,21)(H,20,27)(H,23,25). The molecular formula is C18H26N6O3S2. The molecule has 3 aliphatic rings. The second-order valence-electron chi connectivity index (χ2n) is 7.89. The summed E-state index contributed by atoms with van der Waals surface area (Å²) in [7, 11) is 0. The lowest BCUT2D eigenvalue weighted by Gasteiger charge is -2.30. The maximum absolute atomic E-state index is 12.7. The fourth-order valence-electron chi connectivity index (χ4n) is 4.25. The Hall–Kier alpha value is -1.88. The minimum Gasteiger partial charge on any atom is -0.357 e. The fraction of sp³-hybridized carbons (Fsp3) is 0.722. The van der Waals surface area contributed by atoms with Crippen molar-refractivity contribution in [1.29, 1.82) is 0 Å². The van der Waals surface area contributed by atoms with Crippen LogP contribution in [0.3, 0.4) is 0 Å². The molecule has 0 radical (unpaired) electrons. The van der Waals surface area contributed by atoms with Gasteiger partial charge in [0.05, 0.1) is 5.75 Å². The SMILES string of the molecule is O=C(CSc1nnc(NC2CCCCC2)s1)NN1C(=O)NC2(CCCCC2)C1=O. The number of amides is 4. The molecule has 1 aromatic heterocycles. The Balaban J connectivity index is 1.26. The van der Waals surface area contributed by atoms with Crippen molar-refractivity contribution in [3.8, 4) is 0 Å². The van der Waals surface area contributed by atoms with E-state index in [9.17, 15) is 14.4 Å². The van der Waals surface area contributed by atoms with Crippen LogP contribution < -0.4 is 16.1 Å². The number of carbonyl (C=O) groups excluding carboxylic acids is 3. The molecule has 0 aromatic carbocycles. The van der Waals surface area contributed by atoms with Gasteiger partial charge in [0.2, 0.25) is 11.0 Å². The third kappa shape index (κ3) is 4.66. The number of imide groups is 1. The molecule has 4 rings (SSSR count). The molecule has 1 aliphatic heterocycles.